The fourth-order valence-electron chi connectivity index (χ4n) is 2.58. The van der Waals surface area contributed by atoms with E-state index >= 15 is 0 Å². The summed E-state index contributed by atoms with van der Waals surface area (Å²) < 4.78 is 1.73. The lowest BCUT2D eigenvalue weighted by molar-refractivity contribution is 0.104. The molecule has 3 heteroatoms. The van der Waals surface area contributed by atoms with Crippen LogP contribution in [0.1, 0.15) is 35.3 Å². The number of fused-ring (bicyclic) bond motifs is 1. The molecule has 0 N–H and O–H groups in total. The number of nitrogens with zero attached hydrogens (tertiary/aromatic N) is 2. The predicted octanol–water partition coefficient (Wildman–Crippen LogP) is 3.76. The van der Waals surface area contributed by atoms with E-state index in [1.165, 1.54) is 5.56 Å². The van der Waals surface area contributed by atoms with Gasteiger partial charge < -0.3 is 0 Å². The third-order valence-electron chi connectivity index (χ3n) is 3.50. The molecule has 3 aromatic rings. The van der Waals surface area contributed by atoms with Gasteiger partial charge in [0, 0.05) is 11.8 Å². The highest BCUT2D eigenvalue weighted by atomic mass is 16.1. The van der Waals surface area contributed by atoms with Crippen molar-refractivity contribution in [2.24, 2.45) is 5.92 Å². The molecule has 3 nitrogen and oxygen atoms in total. The lowest BCUT2D eigenvalue weighted by Gasteiger charge is -2.06. The molecule has 0 atom stereocenters. The van der Waals surface area contributed by atoms with Crippen LogP contribution in [0, 0.1) is 5.92 Å². The number of hydrogen-bond donors (Lipinski definition) is 0. The van der Waals surface area contributed by atoms with Crippen molar-refractivity contribution < 1.29 is 4.79 Å². The minimum Gasteiger partial charge on any atom is -0.288 e. The second kappa shape index (κ2) is 5.52. The average Bonchev–Trinajstić information content (AvgIpc) is 2.90. The third kappa shape index (κ3) is 2.72. The summed E-state index contributed by atoms with van der Waals surface area (Å²) in [6.07, 6.45) is 4.48. The number of benzene rings is 1. The minimum absolute atomic E-state index is 0.0295. The zero-order chi connectivity index (χ0) is 14.8. The van der Waals surface area contributed by atoms with Crippen LogP contribution in [-0.2, 0) is 6.42 Å². The summed E-state index contributed by atoms with van der Waals surface area (Å²) in [5.41, 5.74) is 3.42. The van der Waals surface area contributed by atoms with Gasteiger partial charge in [-0.05, 0) is 36.1 Å². The number of carbonyl (C=O) groups excluding carboxylic acids is 1. The van der Waals surface area contributed by atoms with E-state index in [1.54, 1.807) is 10.7 Å². The van der Waals surface area contributed by atoms with Gasteiger partial charge in [0.2, 0.25) is 0 Å². The first-order chi connectivity index (χ1) is 10.1. The third-order valence-corrected chi connectivity index (χ3v) is 3.50. The molecule has 2 heterocycles. The number of ketones is 1. The summed E-state index contributed by atoms with van der Waals surface area (Å²) in [4.78, 5) is 12.7. The van der Waals surface area contributed by atoms with E-state index in [9.17, 15) is 4.79 Å². The number of hydrogen-bond acceptors (Lipinski definition) is 2. The molecular formula is C18H18N2O. The van der Waals surface area contributed by atoms with Crippen molar-refractivity contribution in [1.82, 2.24) is 9.61 Å². The Morgan fingerprint density at radius 2 is 2.05 bits per heavy atom. The van der Waals surface area contributed by atoms with Gasteiger partial charge in [0.15, 0.2) is 5.78 Å². The Balaban J connectivity index is 1.98. The molecule has 0 fully saturated rings. The highest BCUT2D eigenvalue weighted by Gasteiger charge is 2.14. The van der Waals surface area contributed by atoms with Gasteiger partial charge in [-0.1, -0.05) is 38.1 Å². The fourth-order valence-corrected chi connectivity index (χ4v) is 2.58. The molecule has 0 bridgehead atoms. The van der Waals surface area contributed by atoms with Crippen LogP contribution in [0.4, 0.5) is 0 Å². The van der Waals surface area contributed by atoms with E-state index in [-0.39, 0.29) is 5.78 Å². The zero-order valence-electron chi connectivity index (χ0n) is 12.3. The second-order valence-electron chi connectivity index (χ2n) is 5.72. The minimum atomic E-state index is 0.0295. The van der Waals surface area contributed by atoms with Crippen LogP contribution >= 0.6 is 0 Å². The van der Waals surface area contributed by atoms with Gasteiger partial charge in [-0.2, -0.15) is 5.10 Å². The van der Waals surface area contributed by atoms with Gasteiger partial charge in [0.25, 0.3) is 0 Å². The molecule has 106 valence electrons. The maximum Gasteiger partial charge on any atom is 0.196 e. The van der Waals surface area contributed by atoms with Gasteiger partial charge in [0.1, 0.15) is 0 Å². The van der Waals surface area contributed by atoms with E-state index in [0.29, 0.717) is 11.5 Å². The molecule has 1 aromatic carbocycles. The molecule has 0 spiro atoms. The molecule has 0 saturated carbocycles. The Bertz CT molecular complexity index is 787. The highest BCUT2D eigenvalue weighted by molar-refractivity contribution is 6.13. The van der Waals surface area contributed by atoms with E-state index in [1.807, 2.05) is 42.6 Å². The summed E-state index contributed by atoms with van der Waals surface area (Å²) in [5, 5.41) is 4.23. The summed E-state index contributed by atoms with van der Waals surface area (Å²) in [5.74, 6) is 0.606. The Morgan fingerprint density at radius 3 is 2.86 bits per heavy atom. The molecule has 0 radical (unpaired) electrons. The van der Waals surface area contributed by atoms with Gasteiger partial charge in [-0.25, -0.2) is 4.52 Å². The van der Waals surface area contributed by atoms with Crippen LogP contribution in [-0.4, -0.2) is 15.4 Å². The molecule has 0 unspecified atom stereocenters. The largest absolute Gasteiger partial charge is 0.288 e. The van der Waals surface area contributed by atoms with Gasteiger partial charge >= 0.3 is 0 Å². The molecule has 0 aliphatic carbocycles. The Kier molecular flexibility index (Phi) is 3.57. The van der Waals surface area contributed by atoms with E-state index < -0.39 is 0 Å². The normalized spacial score (nSPS) is 11.2. The topological polar surface area (TPSA) is 34.4 Å². The summed E-state index contributed by atoms with van der Waals surface area (Å²) in [6, 6.07) is 13.6. The van der Waals surface area contributed by atoms with Crippen LogP contribution in [0.25, 0.3) is 5.52 Å². The number of rotatable bonds is 4. The smallest absolute Gasteiger partial charge is 0.196 e. The fraction of sp³-hybridized carbons (Fsp3) is 0.222. The summed E-state index contributed by atoms with van der Waals surface area (Å²) >= 11 is 0. The molecule has 0 aliphatic rings. The van der Waals surface area contributed by atoms with Gasteiger partial charge in [-0.3, -0.25) is 4.79 Å². The first-order valence-corrected chi connectivity index (χ1v) is 7.21. The predicted molar refractivity (Wildman–Crippen MR) is 83.6 cm³/mol. The number of carbonyl (C=O) groups is 1. The van der Waals surface area contributed by atoms with Crippen LogP contribution in [0.3, 0.4) is 0 Å². The highest BCUT2D eigenvalue weighted by Crippen LogP contribution is 2.17. The first-order valence-electron chi connectivity index (χ1n) is 7.21. The molecule has 0 aliphatic heterocycles. The van der Waals surface area contributed by atoms with Crippen molar-refractivity contribution in [2.45, 2.75) is 20.3 Å². The quantitative estimate of drug-likeness (QED) is 0.681. The average molecular weight is 278 g/mol. The lowest BCUT2D eigenvalue weighted by Crippen LogP contribution is -2.03. The molecular weight excluding hydrogens is 260 g/mol. The van der Waals surface area contributed by atoms with Crippen molar-refractivity contribution in [1.29, 1.82) is 0 Å². The van der Waals surface area contributed by atoms with Crippen molar-refractivity contribution in [2.75, 3.05) is 0 Å². The maximum absolute atomic E-state index is 12.7. The maximum atomic E-state index is 12.7. The molecule has 21 heavy (non-hydrogen) atoms. The first kappa shape index (κ1) is 13.6. The Labute approximate surface area is 124 Å². The van der Waals surface area contributed by atoms with Crippen molar-refractivity contribution >= 4 is 11.3 Å². The van der Waals surface area contributed by atoms with E-state index in [0.717, 1.165) is 17.5 Å². The van der Waals surface area contributed by atoms with Crippen LogP contribution in [0.2, 0.25) is 0 Å². The van der Waals surface area contributed by atoms with Gasteiger partial charge in [0.05, 0.1) is 17.3 Å². The molecule has 2 aromatic heterocycles. The molecule has 3 rings (SSSR count). The zero-order valence-corrected chi connectivity index (χ0v) is 12.3. The second-order valence-corrected chi connectivity index (χ2v) is 5.72. The van der Waals surface area contributed by atoms with Gasteiger partial charge in [-0.15, -0.1) is 0 Å². The van der Waals surface area contributed by atoms with E-state index in [2.05, 4.69) is 25.0 Å². The van der Waals surface area contributed by atoms with Crippen LogP contribution in [0.5, 0.6) is 0 Å². The van der Waals surface area contributed by atoms with Crippen LogP contribution < -0.4 is 0 Å². The molecule has 0 amide bonds. The van der Waals surface area contributed by atoms with Crippen molar-refractivity contribution in [3.05, 3.63) is 71.5 Å². The van der Waals surface area contributed by atoms with Crippen molar-refractivity contribution in [3.8, 4) is 0 Å². The standard InChI is InChI=1S/C18H18N2O/c1-13(2)10-14-6-5-7-15(11-14)18(21)16-12-19-20-9-4-3-8-17(16)20/h3-9,11-13H,10H2,1-2H3. The molecule has 0 saturated heterocycles. The summed E-state index contributed by atoms with van der Waals surface area (Å²) in [6.45, 7) is 4.36. The van der Waals surface area contributed by atoms with E-state index in [4.69, 9.17) is 0 Å². The number of pyridine rings is 1. The monoisotopic (exact) mass is 278 g/mol. The summed E-state index contributed by atoms with van der Waals surface area (Å²) in [7, 11) is 0. The van der Waals surface area contributed by atoms with Crippen molar-refractivity contribution in [3.63, 3.8) is 0 Å². The SMILES string of the molecule is CC(C)Cc1cccc(C(=O)c2cnn3ccccc23)c1. The lowest BCUT2D eigenvalue weighted by atomic mass is 9.98. The number of aromatic nitrogens is 2. The van der Waals surface area contributed by atoms with Crippen LogP contribution in [0.15, 0.2) is 54.9 Å². The Morgan fingerprint density at radius 1 is 1.19 bits per heavy atom. The Hall–Kier alpha value is -2.42.